The van der Waals surface area contributed by atoms with Crippen molar-refractivity contribution < 1.29 is 5.11 Å². The first-order valence-corrected chi connectivity index (χ1v) is 7.55. The predicted octanol–water partition coefficient (Wildman–Crippen LogP) is 3.55. The Balaban J connectivity index is 2.09. The Morgan fingerprint density at radius 3 is 2.72 bits per heavy atom. The van der Waals surface area contributed by atoms with Crippen LogP contribution in [-0.2, 0) is 0 Å². The maximum absolute atomic E-state index is 10.7. The summed E-state index contributed by atoms with van der Waals surface area (Å²) in [5.74, 6) is 0. The lowest BCUT2D eigenvalue weighted by Crippen LogP contribution is -2.39. The second-order valence-electron chi connectivity index (χ2n) is 4.97. The number of aliphatic hydroxyl groups excluding tert-OH is 1. The summed E-state index contributed by atoms with van der Waals surface area (Å²) >= 11 is 1.79. The Hall–Kier alpha value is -1.06. The lowest BCUT2D eigenvalue weighted by Gasteiger charge is -2.44. The second-order valence-corrected chi connectivity index (χ2v) is 6.20. The summed E-state index contributed by atoms with van der Waals surface area (Å²) in [6.45, 7) is 0. The molecule has 3 heteroatoms. The number of hydrogen-bond donors (Lipinski definition) is 1. The van der Waals surface area contributed by atoms with E-state index >= 15 is 0 Å². The van der Waals surface area contributed by atoms with Gasteiger partial charge in [0.15, 0.2) is 0 Å². The van der Waals surface area contributed by atoms with Gasteiger partial charge < -0.3 is 5.11 Å². The average Bonchev–Trinajstić information content (AvgIpc) is 2.37. The topological polar surface area (TPSA) is 33.1 Å². The van der Waals surface area contributed by atoms with Crippen LogP contribution in [0.3, 0.4) is 0 Å². The van der Waals surface area contributed by atoms with E-state index in [9.17, 15) is 5.11 Å². The molecular formula is C15H17NOS. The van der Waals surface area contributed by atoms with E-state index < -0.39 is 6.10 Å². The molecule has 1 atom stereocenters. The first kappa shape index (κ1) is 12.0. The SMILES string of the molecule is CSC1(C(O)c2cncc3ccccc23)CCC1. The molecule has 0 aliphatic heterocycles. The Bertz CT molecular complexity index is 554. The molecule has 1 heterocycles. The van der Waals surface area contributed by atoms with Crippen molar-refractivity contribution in [2.45, 2.75) is 30.1 Å². The third-order valence-corrected chi connectivity index (χ3v) is 5.54. The number of benzene rings is 1. The van der Waals surface area contributed by atoms with Crippen molar-refractivity contribution in [1.29, 1.82) is 0 Å². The van der Waals surface area contributed by atoms with Crippen LogP contribution in [0.1, 0.15) is 30.9 Å². The van der Waals surface area contributed by atoms with Crippen molar-refractivity contribution in [2.24, 2.45) is 0 Å². The van der Waals surface area contributed by atoms with Crippen LogP contribution in [0.4, 0.5) is 0 Å². The van der Waals surface area contributed by atoms with Gasteiger partial charge in [0.1, 0.15) is 0 Å². The van der Waals surface area contributed by atoms with Gasteiger partial charge in [-0.3, -0.25) is 4.98 Å². The minimum atomic E-state index is -0.417. The molecule has 1 unspecified atom stereocenters. The summed E-state index contributed by atoms with van der Waals surface area (Å²) in [4.78, 5) is 4.27. The highest BCUT2D eigenvalue weighted by Gasteiger charge is 2.44. The number of nitrogens with zero attached hydrogens (tertiary/aromatic N) is 1. The zero-order valence-electron chi connectivity index (χ0n) is 10.5. The summed E-state index contributed by atoms with van der Waals surface area (Å²) in [7, 11) is 0. The molecule has 94 valence electrons. The standard InChI is InChI=1S/C15H17NOS/c1-18-15(7-4-8-15)14(17)13-10-16-9-11-5-2-3-6-12(11)13/h2-3,5-6,9-10,14,17H,4,7-8H2,1H3. The third-order valence-electron chi connectivity index (χ3n) is 4.10. The van der Waals surface area contributed by atoms with E-state index in [4.69, 9.17) is 0 Å². The molecule has 1 saturated carbocycles. The number of pyridine rings is 1. The average molecular weight is 259 g/mol. The smallest absolute Gasteiger partial charge is 0.0957 e. The van der Waals surface area contributed by atoms with E-state index in [0.717, 1.165) is 29.2 Å². The highest BCUT2D eigenvalue weighted by molar-refractivity contribution is 8.00. The lowest BCUT2D eigenvalue weighted by atomic mass is 9.77. The fraction of sp³-hybridized carbons (Fsp3) is 0.400. The Morgan fingerprint density at radius 2 is 2.06 bits per heavy atom. The van der Waals surface area contributed by atoms with E-state index in [0.29, 0.717) is 0 Å². The van der Waals surface area contributed by atoms with Crippen LogP contribution in [-0.4, -0.2) is 21.1 Å². The van der Waals surface area contributed by atoms with Gasteiger partial charge >= 0.3 is 0 Å². The quantitative estimate of drug-likeness (QED) is 0.915. The summed E-state index contributed by atoms with van der Waals surface area (Å²) < 4.78 is 0.00576. The zero-order chi connectivity index (χ0) is 12.6. The minimum absolute atomic E-state index is 0.00576. The molecule has 2 aromatic rings. The zero-order valence-corrected chi connectivity index (χ0v) is 11.3. The van der Waals surface area contributed by atoms with Gasteiger partial charge in [-0.15, -0.1) is 0 Å². The van der Waals surface area contributed by atoms with E-state index in [1.54, 1.807) is 11.8 Å². The molecule has 1 N–H and O–H groups in total. The van der Waals surface area contributed by atoms with E-state index in [2.05, 4.69) is 17.3 Å². The van der Waals surface area contributed by atoms with Gasteiger partial charge in [-0.2, -0.15) is 11.8 Å². The number of aromatic nitrogens is 1. The number of thioether (sulfide) groups is 1. The van der Waals surface area contributed by atoms with Crippen LogP contribution < -0.4 is 0 Å². The molecule has 1 aliphatic rings. The Kier molecular flexibility index (Phi) is 3.04. The van der Waals surface area contributed by atoms with Crippen LogP contribution >= 0.6 is 11.8 Å². The molecule has 0 radical (unpaired) electrons. The molecule has 0 spiro atoms. The molecule has 0 bridgehead atoms. The summed E-state index contributed by atoms with van der Waals surface area (Å²) in [5.41, 5.74) is 0.974. The molecule has 18 heavy (non-hydrogen) atoms. The minimum Gasteiger partial charge on any atom is -0.387 e. The number of hydrogen-bond acceptors (Lipinski definition) is 3. The maximum atomic E-state index is 10.7. The van der Waals surface area contributed by atoms with Crippen LogP contribution in [0, 0.1) is 0 Å². The second kappa shape index (κ2) is 4.56. The largest absolute Gasteiger partial charge is 0.387 e. The van der Waals surface area contributed by atoms with Crippen molar-refractivity contribution in [3.63, 3.8) is 0 Å². The van der Waals surface area contributed by atoms with Crippen molar-refractivity contribution >= 4 is 22.5 Å². The van der Waals surface area contributed by atoms with Crippen LogP contribution in [0.15, 0.2) is 36.7 Å². The number of rotatable bonds is 3. The van der Waals surface area contributed by atoms with Crippen molar-refractivity contribution in [1.82, 2.24) is 4.98 Å². The molecule has 1 fully saturated rings. The molecule has 0 amide bonds. The van der Waals surface area contributed by atoms with Gasteiger partial charge in [-0.1, -0.05) is 30.7 Å². The van der Waals surface area contributed by atoms with E-state index in [1.165, 1.54) is 6.42 Å². The molecule has 1 aromatic carbocycles. The Labute approximate surface area is 111 Å². The molecule has 3 rings (SSSR count). The normalized spacial score (nSPS) is 19.4. The van der Waals surface area contributed by atoms with Crippen LogP contribution in [0.2, 0.25) is 0 Å². The predicted molar refractivity (Wildman–Crippen MR) is 76.8 cm³/mol. The van der Waals surface area contributed by atoms with E-state index in [-0.39, 0.29) is 4.75 Å². The summed E-state index contributed by atoms with van der Waals surface area (Å²) in [6.07, 6.45) is 8.77. The third kappa shape index (κ3) is 1.73. The molecule has 1 aromatic heterocycles. The highest BCUT2D eigenvalue weighted by Crippen LogP contribution is 2.51. The molecular weight excluding hydrogens is 242 g/mol. The van der Waals surface area contributed by atoms with Crippen LogP contribution in [0.5, 0.6) is 0 Å². The monoisotopic (exact) mass is 259 g/mol. The highest BCUT2D eigenvalue weighted by atomic mass is 32.2. The maximum Gasteiger partial charge on any atom is 0.0957 e. The van der Waals surface area contributed by atoms with Gasteiger partial charge in [0, 0.05) is 28.1 Å². The van der Waals surface area contributed by atoms with Gasteiger partial charge in [0.05, 0.1) is 6.10 Å². The molecule has 1 aliphatic carbocycles. The first-order chi connectivity index (χ1) is 8.77. The van der Waals surface area contributed by atoms with Gasteiger partial charge in [0.25, 0.3) is 0 Å². The Morgan fingerprint density at radius 1 is 1.28 bits per heavy atom. The fourth-order valence-electron chi connectivity index (χ4n) is 2.76. The van der Waals surface area contributed by atoms with E-state index in [1.807, 2.05) is 30.6 Å². The van der Waals surface area contributed by atoms with Crippen molar-refractivity contribution in [2.75, 3.05) is 6.26 Å². The summed E-state index contributed by atoms with van der Waals surface area (Å²) in [6, 6.07) is 8.15. The molecule has 0 saturated heterocycles. The van der Waals surface area contributed by atoms with Gasteiger partial charge in [0.2, 0.25) is 0 Å². The molecule has 2 nitrogen and oxygen atoms in total. The fourth-order valence-corrected chi connectivity index (χ4v) is 3.80. The summed E-state index contributed by atoms with van der Waals surface area (Å²) in [5, 5.41) is 13.0. The number of fused-ring (bicyclic) bond motifs is 1. The lowest BCUT2D eigenvalue weighted by molar-refractivity contribution is 0.0886. The first-order valence-electron chi connectivity index (χ1n) is 6.33. The van der Waals surface area contributed by atoms with Crippen LogP contribution in [0.25, 0.3) is 10.8 Å². The van der Waals surface area contributed by atoms with Crippen molar-refractivity contribution in [3.8, 4) is 0 Å². The van der Waals surface area contributed by atoms with Crippen molar-refractivity contribution in [3.05, 3.63) is 42.2 Å². The number of aliphatic hydroxyl groups is 1. The van der Waals surface area contributed by atoms with Gasteiger partial charge in [-0.05, 0) is 24.5 Å². The van der Waals surface area contributed by atoms with Gasteiger partial charge in [-0.25, -0.2) is 0 Å².